The summed E-state index contributed by atoms with van der Waals surface area (Å²) in [6.45, 7) is 3.13. The molecule has 1 fully saturated rings. The van der Waals surface area contributed by atoms with Crippen molar-refractivity contribution in [3.63, 3.8) is 0 Å². The van der Waals surface area contributed by atoms with Crippen LogP contribution in [0.4, 0.5) is 5.69 Å². The third kappa shape index (κ3) is 3.47. The van der Waals surface area contributed by atoms with E-state index in [9.17, 15) is 4.79 Å². The zero-order valence-electron chi connectivity index (χ0n) is 17.1. The first-order valence-electron chi connectivity index (χ1n) is 10.7. The number of carbonyl (C=O) groups excluding carboxylic acids is 1. The van der Waals surface area contributed by atoms with Gasteiger partial charge in [0.15, 0.2) is 0 Å². The summed E-state index contributed by atoms with van der Waals surface area (Å²) in [5.41, 5.74) is 4.61. The normalized spacial score (nSPS) is 18.5. The average Bonchev–Trinajstić information content (AvgIpc) is 3.41. The standard InChI is InChI=1S/C24H25N3O3/c1-2-29-19-10-5-9-17(13-19)23-25-24(30-26-23)18-14-22(28)27(15-18)21-12-6-8-16-7-3-4-11-20(16)21/h5-6,8-10,12-13,18H,2-4,7,11,14-15H2,1H3. The molecule has 6 nitrogen and oxygen atoms in total. The molecule has 1 aliphatic carbocycles. The highest BCUT2D eigenvalue weighted by molar-refractivity contribution is 5.97. The minimum atomic E-state index is -0.0896. The van der Waals surface area contributed by atoms with Crippen molar-refractivity contribution in [2.45, 2.75) is 44.9 Å². The van der Waals surface area contributed by atoms with Gasteiger partial charge in [0.05, 0.1) is 12.5 Å². The lowest BCUT2D eigenvalue weighted by atomic mass is 9.90. The van der Waals surface area contributed by atoms with Crippen molar-refractivity contribution in [3.8, 4) is 17.1 Å². The molecule has 0 saturated carbocycles. The summed E-state index contributed by atoms with van der Waals surface area (Å²) in [5.74, 6) is 1.85. The van der Waals surface area contributed by atoms with Crippen LogP contribution in [0.3, 0.4) is 0 Å². The van der Waals surface area contributed by atoms with Crippen molar-refractivity contribution in [1.29, 1.82) is 0 Å². The van der Waals surface area contributed by atoms with Gasteiger partial charge in [0.25, 0.3) is 0 Å². The van der Waals surface area contributed by atoms with Crippen LogP contribution < -0.4 is 9.64 Å². The number of ether oxygens (including phenoxy) is 1. The molecule has 154 valence electrons. The summed E-state index contributed by atoms with van der Waals surface area (Å²) < 4.78 is 11.1. The number of benzene rings is 2. The van der Waals surface area contributed by atoms with Crippen molar-refractivity contribution >= 4 is 11.6 Å². The Morgan fingerprint density at radius 1 is 1.17 bits per heavy atom. The van der Waals surface area contributed by atoms with Crippen molar-refractivity contribution in [3.05, 3.63) is 59.5 Å². The summed E-state index contributed by atoms with van der Waals surface area (Å²) in [6.07, 6.45) is 4.94. The summed E-state index contributed by atoms with van der Waals surface area (Å²) in [5, 5.41) is 4.15. The van der Waals surface area contributed by atoms with Gasteiger partial charge in [0.2, 0.25) is 17.6 Å². The molecule has 1 aliphatic heterocycles. The van der Waals surface area contributed by atoms with E-state index in [-0.39, 0.29) is 11.8 Å². The Bertz CT molecular complexity index is 1080. The number of nitrogens with zero attached hydrogens (tertiary/aromatic N) is 3. The Balaban J connectivity index is 1.38. The summed E-state index contributed by atoms with van der Waals surface area (Å²) >= 11 is 0. The van der Waals surface area contributed by atoms with E-state index in [4.69, 9.17) is 9.26 Å². The first kappa shape index (κ1) is 18.9. The number of carbonyl (C=O) groups is 1. The lowest BCUT2D eigenvalue weighted by Crippen LogP contribution is -2.26. The van der Waals surface area contributed by atoms with Gasteiger partial charge in [-0.15, -0.1) is 0 Å². The van der Waals surface area contributed by atoms with Crippen LogP contribution in [-0.2, 0) is 17.6 Å². The van der Waals surface area contributed by atoms with E-state index in [0.717, 1.165) is 29.8 Å². The van der Waals surface area contributed by atoms with Gasteiger partial charge in [-0.25, -0.2) is 0 Å². The van der Waals surface area contributed by atoms with Crippen LogP contribution in [-0.4, -0.2) is 29.2 Å². The van der Waals surface area contributed by atoms with E-state index in [1.165, 1.54) is 24.0 Å². The topological polar surface area (TPSA) is 68.5 Å². The van der Waals surface area contributed by atoms with Crippen molar-refractivity contribution in [2.75, 3.05) is 18.1 Å². The van der Waals surface area contributed by atoms with E-state index in [1.54, 1.807) is 0 Å². The van der Waals surface area contributed by atoms with Crippen LogP contribution in [0, 0.1) is 0 Å². The quantitative estimate of drug-likeness (QED) is 0.626. The molecule has 1 unspecified atom stereocenters. The number of hydrogen-bond acceptors (Lipinski definition) is 5. The molecule has 2 aromatic carbocycles. The molecule has 3 aromatic rings. The molecule has 0 N–H and O–H groups in total. The molecule has 2 heterocycles. The largest absolute Gasteiger partial charge is 0.494 e. The smallest absolute Gasteiger partial charge is 0.232 e. The number of hydrogen-bond donors (Lipinski definition) is 0. The second-order valence-corrected chi connectivity index (χ2v) is 7.94. The lowest BCUT2D eigenvalue weighted by Gasteiger charge is -2.25. The van der Waals surface area contributed by atoms with Gasteiger partial charge in [0.1, 0.15) is 5.75 Å². The molecule has 2 aliphatic rings. The maximum Gasteiger partial charge on any atom is 0.232 e. The molecule has 0 bridgehead atoms. The summed E-state index contributed by atoms with van der Waals surface area (Å²) in [7, 11) is 0. The van der Waals surface area contributed by atoms with Gasteiger partial charge in [0, 0.05) is 24.2 Å². The Hall–Kier alpha value is -3.15. The van der Waals surface area contributed by atoms with E-state index in [2.05, 4.69) is 28.3 Å². The van der Waals surface area contributed by atoms with E-state index in [1.807, 2.05) is 36.1 Å². The predicted molar refractivity (Wildman–Crippen MR) is 114 cm³/mol. The Labute approximate surface area is 175 Å². The number of rotatable bonds is 5. The predicted octanol–water partition coefficient (Wildman–Crippen LogP) is 4.53. The van der Waals surface area contributed by atoms with Crippen molar-refractivity contribution in [2.24, 2.45) is 0 Å². The number of fused-ring (bicyclic) bond motifs is 1. The fourth-order valence-electron chi connectivity index (χ4n) is 4.53. The van der Waals surface area contributed by atoms with E-state index in [0.29, 0.717) is 31.3 Å². The SMILES string of the molecule is CCOc1cccc(-c2noc(C3CC(=O)N(c4cccc5c4CCCC5)C3)n2)c1. The molecule has 0 spiro atoms. The highest BCUT2D eigenvalue weighted by atomic mass is 16.5. The van der Waals surface area contributed by atoms with Gasteiger partial charge < -0.3 is 14.2 Å². The second kappa shape index (κ2) is 7.94. The fraction of sp³-hybridized carbons (Fsp3) is 0.375. The van der Waals surface area contributed by atoms with Gasteiger partial charge in [-0.2, -0.15) is 4.98 Å². The minimum absolute atomic E-state index is 0.0896. The summed E-state index contributed by atoms with van der Waals surface area (Å²) in [6, 6.07) is 14.0. The Morgan fingerprint density at radius 3 is 2.93 bits per heavy atom. The third-order valence-electron chi connectivity index (χ3n) is 5.98. The monoisotopic (exact) mass is 403 g/mol. The van der Waals surface area contributed by atoms with Crippen LogP contribution in [0.15, 0.2) is 47.0 Å². The first-order chi connectivity index (χ1) is 14.7. The third-order valence-corrected chi connectivity index (χ3v) is 5.98. The molecule has 1 aromatic heterocycles. The van der Waals surface area contributed by atoms with Crippen LogP contribution >= 0.6 is 0 Å². The number of anilines is 1. The van der Waals surface area contributed by atoms with Gasteiger partial charge in [-0.1, -0.05) is 29.4 Å². The highest BCUT2D eigenvalue weighted by Gasteiger charge is 2.36. The van der Waals surface area contributed by atoms with Crippen LogP contribution in [0.25, 0.3) is 11.4 Å². The lowest BCUT2D eigenvalue weighted by molar-refractivity contribution is -0.117. The fourth-order valence-corrected chi connectivity index (χ4v) is 4.53. The maximum absolute atomic E-state index is 12.9. The van der Waals surface area contributed by atoms with Crippen molar-refractivity contribution in [1.82, 2.24) is 10.1 Å². The van der Waals surface area contributed by atoms with Gasteiger partial charge in [-0.3, -0.25) is 4.79 Å². The van der Waals surface area contributed by atoms with Crippen LogP contribution in [0.5, 0.6) is 5.75 Å². The molecule has 30 heavy (non-hydrogen) atoms. The zero-order chi connectivity index (χ0) is 20.5. The van der Waals surface area contributed by atoms with Gasteiger partial charge >= 0.3 is 0 Å². The average molecular weight is 403 g/mol. The minimum Gasteiger partial charge on any atom is -0.494 e. The Morgan fingerprint density at radius 2 is 2.03 bits per heavy atom. The number of amides is 1. The molecule has 5 rings (SSSR count). The van der Waals surface area contributed by atoms with Gasteiger partial charge in [-0.05, 0) is 61.9 Å². The van der Waals surface area contributed by atoms with E-state index < -0.39 is 0 Å². The van der Waals surface area contributed by atoms with Crippen LogP contribution in [0.2, 0.25) is 0 Å². The molecule has 6 heteroatoms. The van der Waals surface area contributed by atoms with Crippen LogP contribution in [0.1, 0.15) is 49.1 Å². The Kier molecular flexibility index (Phi) is 4.99. The van der Waals surface area contributed by atoms with Crippen molar-refractivity contribution < 1.29 is 14.1 Å². The maximum atomic E-state index is 12.9. The van der Waals surface area contributed by atoms with E-state index >= 15 is 0 Å². The molecule has 0 radical (unpaired) electrons. The number of aryl methyl sites for hydroxylation is 1. The zero-order valence-corrected chi connectivity index (χ0v) is 17.1. The summed E-state index contributed by atoms with van der Waals surface area (Å²) in [4.78, 5) is 19.4. The molecular formula is C24H25N3O3. The molecule has 1 atom stereocenters. The number of aromatic nitrogens is 2. The molecular weight excluding hydrogens is 378 g/mol. The first-order valence-corrected chi connectivity index (χ1v) is 10.7. The highest BCUT2D eigenvalue weighted by Crippen LogP contribution is 2.37. The molecule has 1 amide bonds. The molecule has 1 saturated heterocycles. The second-order valence-electron chi connectivity index (χ2n) is 7.94.